The minimum Gasteiger partial charge on any atom is -0.302 e. The van der Waals surface area contributed by atoms with Gasteiger partial charge in [0.1, 0.15) is 35.3 Å². The van der Waals surface area contributed by atoms with Crippen LogP contribution in [-0.4, -0.2) is 85.6 Å². The second-order valence-corrected chi connectivity index (χ2v) is 9.41. The summed E-state index contributed by atoms with van der Waals surface area (Å²) in [7, 11) is -10.6. The second kappa shape index (κ2) is 10.5. The summed E-state index contributed by atoms with van der Waals surface area (Å²) in [6.45, 7) is -11.6. The van der Waals surface area contributed by atoms with Gasteiger partial charge in [0.05, 0.1) is 6.61 Å². The van der Waals surface area contributed by atoms with Crippen molar-refractivity contribution in [2.24, 2.45) is 0 Å². The monoisotopic (exact) mass is 642 g/mol. The van der Waals surface area contributed by atoms with Crippen LogP contribution < -0.4 is 0 Å². The molecular weight excluding hydrogens is 632 g/mol. The Kier molecular flexibility index (Phi) is 9.50. The molecule has 0 aromatic rings. The zero-order chi connectivity index (χ0) is 32.2. The van der Waals surface area contributed by atoms with Gasteiger partial charge in [0.2, 0.25) is 19.8 Å². The van der Waals surface area contributed by atoms with Crippen molar-refractivity contribution in [3.8, 4) is 0 Å². The third-order valence-corrected chi connectivity index (χ3v) is 4.66. The third kappa shape index (κ3) is 9.35. The molecule has 0 aliphatic heterocycles. The van der Waals surface area contributed by atoms with E-state index in [1.54, 1.807) is 0 Å². The highest BCUT2D eigenvalue weighted by Crippen LogP contribution is 2.97. The molecule has 22 nitrogen and oxygen atoms in total. The van der Waals surface area contributed by atoms with Crippen LogP contribution in [0, 0.1) is 60.7 Å². The Morgan fingerprint density at radius 1 is 0.500 bits per heavy atom. The summed E-state index contributed by atoms with van der Waals surface area (Å²) in [5.74, 6) is -19.1. The highest BCUT2D eigenvalue weighted by atomic mass is 32.5. The van der Waals surface area contributed by atoms with Gasteiger partial charge in [-0.1, -0.05) is 32.6 Å². The fourth-order valence-electron chi connectivity index (χ4n) is 1.63. The number of alkyl halides is 3. The number of ether oxygens (including phenoxy) is 4. The Bertz CT molecular complexity index is 933. The molecule has 0 N–H and O–H groups in total. The molecule has 0 bridgehead atoms. The third-order valence-electron chi connectivity index (χ3n) is 3.72. The first kappa shape index (κ1) is 36.0. The summed E-state index contributed by atoms with van der Waals surface area (Å²) in [6.07, 6.45) is -4.95. The van der Waals surface area contributed by atoms with Crippen molar-refractivity contribution in [3.05, 3.63) is 60.7 Å². The van der Waals surface area contributed by atoms with Crippen molar-refractivity contribution in [2.45, 2.75) is 23.9 Å². The first-order valence-corrected chi connectivity index (χ1v) is 10.8. The summed E-state index contributed by atoms with van der Waals surface area (Å²) in [5.41, 5.74) is 0. The van der Waals surface area contributed by atoms with Crippen LogP contribution in [-0.2, 0) is 18.9 Å². The van der Waals surface area contributed by atoms with Crippen molar-refractivity contribution < 1.29 is 81.1 Å². The van der Waals surface area contributed by atoms with Gasteiger partial charge in [-0.3, -0.25) is 74.9 Å². The average molecular weight is 642 g/mol. The van der Waals surface area contributed by atoms with Gasteiger partial charge in [-0.2, -0.15) is 0 Å². The Hall–Kier alpha value is -3.97. The lowest BCUT2D eigenvalue weighted by Gasteiger charge is -2.41. The van der Waals surface area contributed by atoms with Gasteiger partial charge < -0.3 is 4.74 Å². The van der Waals surface area contributed by atoms with Crippen molar-refractivity contribution in [1.29, 1.82) is 0 Å². The standard InChI is InChI=1S/C9H10F8N6O16S/c10-6(18(24)25,19(26)27)3-37-9(36-1-2-40(13,14,15,16)17,38-4-7(11,20(28)29)21(30)31)39-5-8(12,22(32)33)23(34)35/h1-5H2. The van der Waals surface area contributed by atoms with Gasteiger partial charge in [0, 0.05) is 0 Å². The molecule has 0 saturated heterocycles. The van der Waals surface area contributed by atoms with Gasteiger partial charge in [-0.05, 0) is 0 Å². The van der Waals surface area contributed by atoms with Crippen molar-refractivity contribution in [2.75, 3.05) is 32.2 Å². The molecule has 0 atom stereocenters. The molecule has 0 amide bonds. The van der Waals surface area contributed by atoms with Crippen molar-refractivity contribution in [1.82, 2.24) is 0 Å². The number of hydrogen-bond donors (Lipinski definition) is 0. The molecule has 0 saturated carbocycles. The van der Waals surface area contributed by atoms with Crippen LogP contribution in [0.2, 0.25) is 0 Å². The quantitative estimate of drug-likeness (QED) is 0.0633. The molecule has 0 heterocycles. The summed E-state index contributed by atoms with van der Waals surface area (Å²) < 4.78 is 120. The van der Waals surface area contributed by atoms with E-state index in [1.165, 1.54) is 0 Å². The molecule has 0 spiro atoms. The first-order valence-electron chi connectivity index (χ1n) is 8.69. The topological polar surface area (TPSA) is 296 Å². The lowest BCUT2D eigenvalue weighted by atomic mass is 10.5. The fourth-order valence-corrected chi connectivity index (χ4v) is 2.03. The molecule has 40 heavy (non-hydrogen) atoms. The fraction of sp³-hybridized carbons (Fsp3) is 1.00. The SMILES string of the molecule is O=[N+]([O-])C(F)(COC(OCCS(F)(F)(F)(F)F)(OCC(F)([N+](=O)[O-])[N+](=O)[O-])OCC(F)([N+](=O)[O-])[N+](=O)[O-])[N+](=O)[O-]. The van der Waals surface area contributed by atoms with E-state index in [2.05, 4.69) is 18.9 Å². The molecule has 234 valence electrons. The minimum atomic E-state index is -10.6. The molecule has 0 rings (SSSR count). The van der Waals surface area contributed by atoms with Crippen LogP contribution in [0.15, 0.2) is 0 Å². The van der Waals surface area contributed by atoms with Crippen LogP contribution in [0.1, 0.15) is 0 Å². The number of nitrogens with zero attached hydrogens (tertiary/aromatic N) is 6. The second-order valence-electron chi connectivity index (χ2n) is 6.75. The molecule has 31 heteroatoms. The molecule has 0 radical (unpaired) electrons. The van der Waals surface area contributed by atoms with E-state index in [9.17, 15) is 93.3 Å². The smallest absolute Gasteiger partial charge is 0.302 e. The molecule has 0 aliphatic carbocycles. The lowest BCUT2D eigenvalue weighted by molar-refractivity contribution is -0.844. The predicted molar refractivity (Wildman–Crippen MR) is 98.0 cm³/mol. The van der Waals surface area contributed by atoms with E-state index in [-0.39, 0.29) is 0 Å². The Morgan fingerprint density at radius 3 is 0.900 bits per heavy atom. The van der Waals surface area contributed by atoms with Gasteiger partial charge in [-0.25, -0.2) is 0 Å². The van der Waals surface area contributed by atoms with E-state index >= 15 is 0 Å². The highest BCUT2D eigenvalue weighted by Gasteiger charge is 2.67. The Balaban J connectivity index is 6.90. The van der Waals surface area contributed by atoms with E-state index in [0.29, 0.717) is 0 Å². The van der Waals surface area contributed by atoms with Gasteiger partial charge >= 0.3 is 23.9 Å². The van der Waals surface area contributed by atoms with Crippen LogP contribution in [0.5, 0.6) is 0 Å². The zero-order valence-electron chi connectivity index (χ0n) is 18.2. The zero-order valence-corrected chi connectivity index (χ0v) is 19.0. The average Bonchev–Trinajstić information content (AvgIpc) is 2.76. The largest absolute Gasteiger partial charge is 0.638 e. The van der Waals surface area contributed by atoms with Crippen LogP contribution in [0.3, 0.4) is 0 Å². The summed E-state index contributed by atoms with van der Waals surface area (Å²) >= 11 is 0. The molecular formula is C9H10F8N6O16S. The number of nitro groups is 6. The first-order chi connectivity index (χ1) is 17.5. The number of hydrogen-bond acceptors (Lipinski definition) is 16. The van der Waals surface area contributed by atoms with E-state index in [1.807, 2.05) is 0 Å². The lowest BCUT2D eigenvalue weighted by Crippen LogP contribution is -2.57. The van der Waals surface area contributed by atoms with Gasteiger partial charge in [0.25, 0.3) is 10.2 Å². The maximum absolute atomic E-state index is 14.1. The normalized spacial score (nSPS) is 15.0. The van der Waals surface area contributed by atoms with Crippen LogP contribution in [0.25, 0.3) is 0 Å². The number of rotatable bonds is 19. The van der Waals surface area contributed by atoms with E-state index in [4.69, 9.17) is 0 Å². The highest BCUT2D eigenvalue weighted by molar-refractivity contribution is 8.45. The minimum absolute atomic E-state index is 2.51. The van der Waals surface area contributed by atoms with Gasteiger partial charge in [0.15, 0.2) is 0 Å². The summed E-state index contributed by atoms with van der Waals surface area (Å²) in [4.78, 5) is 49.0. The van der Waals surface area contributed by atoms with Crippen LogP contribution in [0.4, 0.5) is 32.6 Å². The van der Waals surface area contributed by atoms with E-state index in [0.717, 1.165) is 0 Å². The maximum atomic E-state index is 14.1. The van der Waals surface area contributed by atoms with Crippen molar-refractivity contribution in [3.63, 3.8) is 0 Å². The van der Waals surface area contributed by atoms with E-state index < -0.39 is 95.9 Å². The van der Waals surface area contributed by atoms with Crippen molar-refractivity contribution >= 4 is 10.2 Å². The molecule has 0 unspecified atom stereocenters. The number of halogens is 8. The summed E-state index contributed by atoms with van der Waals surface area (Å²) in [5, 5.41) is 64.0. The van der Waals surface area contributed by atoms with Gasteiger partial charge in [-0.15, -0.1) is 0 Å². The summed E-state index contributed by atoms with van der Waals surface area (Å²) in [6, 6.07) is 0. The molecule has 0 fully saturated rings. The molecule has 0 aliphatic rings. The maximum Gasteiger partial charge on any atom is 0.638 e. The predicted octanol–water partition coefficient (Wildman–Crippen LogP) is 1.49. The molecule has 0 aromatic heterocycles. The Morgan fingerprint density at radius 2 is 0.725 bits per heavy atom. The van der Waals surface area contributed by atoms with Crippen LogP contribution >= 0.6 is 10.2 Å². The Labute approximate surface area is 209 Å². The molecule has 0 aromatic carbocycles.